The minimum absolute atomic E-state index is 0.0725. The molecule has 1 amide bonds. The molecule has 184 valence electrons. The lowest BCUT2D eigenvalue weighted by Gasteiger charge is -2.30. The van der Waals surface area contributed by atoms with Crippen LogP contribution >= 0.6 is 11.6 Å². The normalized spacial score (nSPS) is 18.9. The van der Waals surface area contributed by atoms with Crippen molar-refractivity contribution in [1.29, 1.82) is 0 Å². The molecule has 4 rings (SSSR count). The fraction of sp³-hybridized carbons (Fsp3) is 0.560. The van der Waals surface area contributed by atoms with Gasteiger partial charge in [0.15, 0.2) is 0 Å². The molecule has 2 aliphatic rings. The van der Waals surface area contributed by atoms with Crippen LogP contribution in [0.4, 0.5) is 4.39 Å². The van der Waals surface area contributed by atoms with Gasteiger partial charge < -0.3 is 9.64 Å². The standard InChI is InChI=1S/C25H32ClFN4O3/c1-3-34-25(33)18-5-4-10-29(11-8-18)16-24(32)30-12-9-21-17(2)28-31(23(21)15-30)14-19-6-7-20(26)13-22(19)27/h6-7,13,18H,3-5,8-12,14-16H2,1-2H3. The van der Waals surface area contributed by atoms with Crippen molar-refractivity contribution in [3.8, 4) is 0 Å². The summed E-state index contributed by atoms with van der Waals surface area (Å²) in [5.41, 5.74) is 3.54. The van der Waals surface area contributed by atoms with Crippen molar-refractivity contribution in [1.82, 2.24) is 19.6 Å². The number of carbonyl (C=O) groups is 2. The lowest BCUT2D eigenvalue weighted by atomic mass is 10.0. The van der Waals surface area contributed by atoms with Gasteiger partial charge in [0.25, 0.3) is 0 Å². The van der Waals surface area contributed by atoms with Crippen LogP contribution in [0.2, 0.25) is 5.02 Å². The largest absolute Gasteiger partial charge is 0.466 e. The Balaban J connectivity index is 1.40. The van der Waals surface area contributed by atoms with E-state index in [1.54, 1.807) is 12.1 Å². The number of aryl methyl sites for hydroxylation is 1. The Hall–Kier alpha value is -2.45. The van der Waals surface area contributed by atoms with Gasteiger partial charge in [0.2, 0.25) is 5.91 Å². The first-order valence-corrected chi connectivity index (χ1v) is 12.4. The number of benzene rings is 1. The monoisotopic (exact) mass is 490 g/mol. The molecule has 34 heavy (non-hydrogen) atoms. The third-order valence-corrected chi connectivity index (χ3v) is 7.06. The molecule has 1 atom stereocenters. The minimum Gasteiger partial charge on any atom is -0.466 e. The number of esters is 1. The zero-order valence-corrected chi connectivity index (χ0v) is 20.6. The van der Waals surface area contributed by atoms with E-state index in [2.05, 4.69) is 10.00 Å². The molecule has 2 aromatic rings. The number of rotatable bonds is 6. The summed E-state index contributed by atoms with van der Waals surface area (Å²) in [6, 6.07) is 4.66. The maximum Gasteiger partial charge on any atom is 0.308 e. The van der Waals surface area contributed by atoms with E-state index in [1.807, 2.05) is 23.4 Å². The number of amides is 1. The summed E-state index contributed by atoms with van der Waals surface area (Å²) in [6.45, 7) is 7.43. The molecule has 0 N–H and O–H groups in total. The van der Waals surface area contributed by atoms with Crippen LogP contribution in [-0.4, -0.2) is 64.2 Å². The van der Waals surface area contributed by atoms with Crippen molar-refractivity contribution in [3.63, 3.8) is 0 Å². The molecule has 1 unspecified atom stereocenters. The zero-order valence-electron chi connectivity index (χ0n) is 19.9. The fourth-order valence-corrected chi connectivity index (χ4v) is 5.09. The van der Waals surface area contributed by atoms with Crippen LogP contribution in [0.3, 0.4) is 0 Å². The van der Waals surface area contributed by atoms with Crippen LogP contribution in [0.5, 0.6) is 0 Å². The molecule has 9 heteroatoms. The van der Waals surface area contributed by atoms with E-state index in [1.165, 1.54) is 6.07 Å². The minimum atomic E-state index is -0.361. The average Bonchev–Trinajstić information content (AvgIpc) is 2.96. The SMILES string of the molecule is CCOC(=O)C1CCCN(CC(=O)N2CCc3c(C)nn(Cc4ccc(Cl)cc4F)c3C2)CC1. The van der Waals surface area contributed by atoms with Crippen molar-refractivity contribution >= 4 is 23.5 Å². The highest BCUT2D eigenvalue weighted by molar-refractivity contribution is 6.30. The summed E-state index contributed by atoms with van der Waals surface area (Å²) in [6.07, 6.45) is 3.13. The van der Waals surface area contributed by atoms with Gasteiger partial charge in [-0.1, -0.05) is 17.7 Å². The Morgan fingerprint density at radius 3 is 2.82 bits per heavy atom. The third kappa shape index (κ3) is 5.61. The van der Waals surface area contributed by atoms with Crippen molar-refractivity contribution < 1.29 is 18.7 Å². The zero-order chi connectivity index (χ0) is 24.2. The quantitative estimate of drug-likeness (QED) is 0.579. The van der Waals surface area contributed by atoms with Gasteiger partial charge in [-0.25, -0.2) is 4.39 Å². The van der Waals surface area contributed by atoms with Gasteiger partial charge in [0.05, 0.1) is 43.5 Å². The van der Waals surface area contributed by atoms with Crippen LogP contribution < -0.4 is 0 Å². The predicted molar refractivity (Wildman–Crippen MR) is 127 cm³/mol. The Morgan fingerprint density at radius 1 is 1.24 bits per heavy atom. The maximum absolute atomic E-state index is 14.4. The van der Waals surface area contributed by atoms with E-state index < -0.39 is 0 Å². The number of fused-ring (bicyclic) bond motifs is 1. The highest BCUT2D eigenvalue weighted by atomic mass is 35.5. The molecule has 0 saturated carbocycles. The number of ether oxygens (including phenoxy) is 1. The summed E-state index contributed by atoms with van der Waals surface area (Å²) in [5.74, 6) is -0.494. The summed E-state index contributed by atoms with van der Waals surface area (Å²) in [7, 11) is 0. The number of halogens is 2. The molecule has 7 nitrogen and oxygen atoms in total. The molecule has 0 bridgehead atoms. The second kappa shape index (κ2) is 10.9. The summed E-state index contributed by atoms with van der Waals surface area (Å²) >= 11 is 5.89. The number of aromatic nitrogens is 2. The van der Waals surface area contributed by atoms with Gasteiger partial charge in [-0.05, 0) is 70.3 Å². The van der Waals surface area contributed by atoms with Crippen molar-refractivity contribution in [2.75, 3.05) is 32.8 Å². The summed E-state index contributed by atoms with van der Waals surface area (Å²) in [4.78, 5) is 29.3. The van der Waals surface area contributed by atoms with Gasteiger partial charge in [-0.2, -0.15) is 5.10 Å². The number of nitrogens with zero attached hydrogens (tertiary/aromatic N) is 4. The highest BCUT2D eigenvalue weighted by Gasteiger charge is 2.29. The first-order chi connectivity index (χ1) is 16.4. The van der Waals surface area contributed by atoms with Crippen LogP contribution in [-0.2, 0) is 33.8 Å². The number of likely N-dealkylation sites (tertiary alicyclic amines) is 1. The number of hydrogen-bond donors (Lipinski definition) is 0. The van der Waals surface area contributed by atoms with Crippen molar-refractivity contribution in [2.45, 2.75) is 52.6 Å². The van der Waals surface area contributed by atoms with E-state index in [4.69, 9.17) is 16.3 Å². The lowest BCUT2D eigenvalue weighted by molar-refractivity contribution is -0.148. The van der Waals surface area contributed by atoms with Crippen LogP contribution in [0.15, 0.2) is 18.2 Å². The van der Waals surface area contributed by atoms with Gasteiger partial charge >= 0.3 is 5.97 Å². The third-order valence-electron chi connectivity index (χ3n) is 6.83. The molecule has 1 aromatic carbocycles. The van der Waals surface area contributed by atoms with Crippen LogP contribution in [0.1, 0.15) is 48.7 Å². The van der Waals surface area contributed by atoms with E-state index in [9.17, 15) is 14.0 Å². The van der Waals surface area contributed by atoms with Crippen molar-refractivity contribution in [2.24, 2.45) is 5.92 Å². The smallest absolute Gasteiger partial charge is 0.308 e. The van der Waals surface area contributed by atoms with E-state index in [-0.39, 0.29) is 23.6 Å². The topological polar surface area (TPSA) is 67.7 Å². The molecule has 3 heterocycles. The highest BCUT2D eigenvalue weighted by Crippen LogP contribution is 2.25. The maximum atomic E-state index is 14.4. The van der Waals surface area contributed by atoms with Crippen LogP contribution in [0.25, 0.3) is 0 Å². The van der Waals surface area contributed by atoms with Gasteiger partial charge in [0, 0.05) is 17.1 Å². The second-order valence-corrected chi connectivity index (χ2v) is 9.56. The molecule has 1 aromatic heterocycles. The molecule has 0 radical (unpaired) electrons. The van der Waals surface area contributed by atoms with E-state index in [0.717, 1.165) is 49.2 Å². The molecule has 2 aliphatic heterocycles. The summed E-state index contributed by atoms with van der Waals surface area (Å²) in [5, 5.41) is 5.00. The van der Waals surface area contributed by atoms with Gasteiger partial charge in [0.1, 0.15) is 5.82 Å². The van der Waals surface area contributed by atoms with Gasteiger partial charge in [-0.15, -0.1) is 0 Å². The Morgan fingerprint density at radius 2 is 2.06 bits per heavy atom. The number of carbonyl (C=O) groups excluding carboxylic acids is 2. The van der Waals surface area contributed by atoms with Crippen LogP contribution in [0, 0.1) is 18.7 Å². The molecule has 1 saturated heterocycles. The van der Waals surface area contributed by atoms with E-state index in [0.29, 0.717) is 49.9 Å². The molecule has 1 fully saturated rings. The first-order valence-electron chi connectivity index (χ1n) is 12.0. The Labute approximate surface area is 204 Å². The summed E-state index contributed by atoms with van der Waals surface area (Å²) < 4.78 is 21.4. The van der Waals surface area contributed by atoms with Crippen molar-refractivity contribution in [3.05, 3.63) is 51.6 Å². The molecule has 0 spiro atoms. The molecule has 0 aliphatic carbocycles. The first kappa shape index (κ1) is 24.7. The van der Waals surface area contributed by atoms with Gasteiger partial charge in [-0.3, -0.25) is 19.2 Å². The predicted octanol–water partition coefficient (Wildman–Crippen LogP) is 3.58. The fourth-order valence-electron chi connectivity index (χ4n) is 4.93. The van der Waals surface area contributed by atoms with E-state index >= 15 is 0 Å². The average molecular weight is 491 g/mol. The molecular formula is C25H32ClFN4O3. The molecular weight excluding hydrogens is 459 g/mol. The number of hydrogen-bond acceptors (Lipinski definition) is 5. The second-order valence-electron chi connectivity index (χ2n) is 9.13. The Kier molecular flexibility index (Phi) is 7.88. The lowest BCUT2D eigenvalue weighted by Crippen LogP contribution is -2.43. The Bertz CT molecular complexity index is 1060.